The van der Waals surface area contributed by atoms with Crippen molar-refractivity contribution < 1.29 is 26.4 Å². The largest absolute Gasteiger partial charge is 0.416 e. The van der Waals surface area contributed by atoms with Gasteiger partial charge in [0.25, 0.3) is 0 Å². The Labute approximate surface area is 158 Å². The number of rotatable bonds is 4. The Kier molecular flexibility index (Phi) is 5.24. The predicted molar refractivity (Wildman–Crippen MR) is 92.4 cm³/mol. The van der Waals surface area contributed by atoms with Crippen molar-refractivity contribution in [1.29, 1.82) is 0 Å². The number of carbonyl (C=O) groups is 1. The first-order chi connectivity index (χ1) is 12.0. The van der Waals surface area contributed by atoms with E-state index >= 15 is 0 Å². The molecule has 3 rings (SSSR count). The van der Waals surface area contributed by atoms with Crippen LogP contribution in [0.5, 0.6) is 0 Å². The van der Waals surface area contributed by atoms with Gasteiger partial charge in [-0.2, -0.15) is 17.5 Å². The molecule has 0 radical (unpaired) electrons. The Morgan fingerprint density at radius 3 is 2.58 bits per heavy atom. The van der Waals surface area contributed by atoms with Crippen LogP contribution < -0.4 is 0 Å². The lowest BCUT2D eigenvalue weighted by molar-refractivity contribution is -0.137. The van der Waals surface area contributed by atoms with Gasteiger partial charge < -0.3 is 4.90 Å². The number of thioether (sulfide) groups is 1. The average Bonchev–Trinajstić information content (AvgIpc) is 3.28. The van der Waals surface area contributed by atoms with Gasteiger partial charge in [0.05, 0.1) is 16.5 Å². The maximum atomic E-state index is 13.0. The zero-order chi connectivity index (χ0) is 19.3. The van der Waals surface area contributed by atoms with Crippen LogP contribution in [0.4, 0.5) is 13.2 Å². The minimum atomic E-state index is -4.70. The van der Waals surface area contributed by atoms with Gasteiger partial charge in [-0.25, -0.2) is 8.42 Å². The first-order valence-corrected chi connectivity index (χ1v) is 10.7. The number of benzene rings is 1. The van der Waals surface area contributed by atoms with Crippen LogP contribution in [0, 0.1) is 0 Å². The van der Waals surface area contributed by atoms with Crippen LogP contribution in [0.25, 0.3) is 0 Å². The van der Waals surface area contributed by atoms with Crippen LogP contribution >= 0.6 is 23.4 Å². The number of hydrogen-bond donors (Lipinski definition) is 0. The van der Waals surface area contributed by atoms with Gasteiger partial charge in [0.2, 0.25) is 15.9 Å². The highest BCUT2D eigenvalue weighted by atomic mass is 35.5. The summed E-state index contributed by atoms with van der Waals surface area (Å²) in [5.74, 6) is -0.0978. The lowest BCUT2D eigenvalue weighted by Gasteiger charge is -2.27. The molecule has 1 aromatic carbocycles. The molecule has 0 spiro atoms. The summed E-state index contributed by atoms with van der Waals surface area (Å²) in [7, 11) is -2.74. The molecule has 0 N–H and O–H groups in total. The van der Waals surface area contributed by atoms with Crippen LogP contribution in [-0.2, 0) is 21.0 Å². The second-order valence-corrected chi connectivity index (χ2v) is 9.50. The van der Waals surface area contributed by atoms with E-state index in [-0.39, 0.29) is 28.6 Å². The first kappa shape index (κ1) is 19.8. The molecule has 2 fully saturated rings. The molecule has 1 unspecified atom stereocenters. The molecule has 11 heteroatoms. The zero-order valence-corrected chi connectivity index (χ0v) is 16.1. The SMILES string of the molecule is CN(C(=O)C1CSCN1S(=O)(=O)c1cc(C(F)(F)F)ccc1Cl)C1CC1. The van der Waals surface area contributed by atoms with Crippen LogP contribution in [0.15, 0.2) is 23.1 Å². The van der Waals surface area contributed by atoms with Gasteiger partial charge in [-0.15, -0.1) is 11.8 Å². The summed E-state index contributed by atoms with van der Waals surface area (Å²) in [4.78, 5) is 13.5. The van der Waals surface area contributed by atoms with E-state index in [4.69, 9.17) is 11.6 Å². The van der Waals surface area contributed by atoms with Gasteiger partial charge >= 0.3 is 6.18 Å². The fourth-order valence-corrected chi connectivity index (χ4v) is 6.38. The monoisotopic (exact) mass is 428 g/mol. The summed E-state index contributed by atoms with van der Waals surface area (Å²) in [6.07, 6.45) is -2.96. The fraction of sp³-hybridized carbons (Fsp3) is 0.533. The van der Waals surface area contributed by atoms with Crippen molar-refractivity contribution in [3.63, 3.8) is 0 Å². The van der Waals surface area contributed by atoms with E-state index in [1.165, 1.54) is 16.7 Å². The minimum absolute atomic E-state index is 0.0101. The number of hydrogen-bond acceptors (Lipinski definition) is 4. The molecule has 1 aliphatic heterocycles. The van der Waals surface area contributed by atoms with Gasteiger partial charge in [0.1, 0.15) is 10.9 Å². The Hall–Kier alpha value is -0.970. The molecule has 26 heavy (non-hydrogen) atoms. The molecule has 5 nitrogen and oxygen atoms in total. The Morgan fingerprint density at radius 2 is 2.00 bits per heavy atom. The second kappa shape index (κ2) is 6.88. The van der Waals surface area contributed by atoms with E-state index in [0.29, 0.717) is 6.07 Å². The van der Waals surface area contributed by atoms with Crippen molar-refractivity contribution in [2.24, 2.45) is 0 Å². The molecule has 1 saturated carbocycles. The summed E-state index contributed by atoms with van der Waals surface area (Å²) < 4.78 is 65.7. The number of alkyl halides is 3. The number of nitrogens with zero attached hydrogens (tertiary/aromatic N) is 2. The first-order valence-electron chi connectivity index (χ1n) is 7.76. The Bertz CT molecular complexity index is 828. The highest BCUT2D eigenvalue weighted by Gasteiger charge is 2.44. The molecular weight excluding hydrogens is 413 g/mol. The van der Waals surface area contributed by atoms with E-state index in [2.05, 4.69) is 0 Å². The van der Waals surface area contributed by atoms with Crippen LogP contribution in [0.2, 0.25) is 5.02 Å². The third-order valence-corrected chi connectivity index (χ3v) is 7.93. The quantitative estimate of drug-likeness (QED) is 0.739. The molecule has 0 bridgehead atoms. The summed E-state index contributed by atoms with van der Waals surface area (Å²) in [6, 6.07) is 1.32. The van der Waals surface area contributed by atoms with Crippen molar-refractivity contribution in [3.8, 4) is 0 Å². The standard InChI is InChI=1S/C15H16ClF3N2O3S2/c1-20(10-3-4-10)14(22)12-7-25-8-21(12)26(23,24)13-6-9(15(17,18)19)2-5-11(13)16/h2,5-6,10,12H,3-4,7-8H2,1H3. The maximum absolute atomic E-state index is 13.0. The minimum Gasteiger partial charge on any atom is -0.341 e. The summed E-state index contributed by atoms with van der Waals surface area (Å²) >= 11 is 7.12. The van der Waals surface area contributed by atoms with Gasteiger partial charge in [-0.05, 0) is 31.0 Å². The summed E-state index contributed by atoms with van der Waals surface area (Å²) in [5, 5.41) is -0.309. The van der Waals surface area contributed by atoms with E-state index in [1.807, 2.05) is 0 Å². The van der Waals surface area contributed by atoms with Gasteiger partial charge in [-0.3, -0.25) is 4.79 Å². The smallest absolute Gasteiger partial charge is 0.341 e. The van der Waals surface area contributed by atoms with Crippen LogP contribution in [-0.4, -0.2) is 54.3 Å². The molecule has 1 amide bonds. The zero-order valence-electron chi connectivity index (χ0n) is 13.7. The molecule has 1 heterocycles. The van der Waals surface area contributed by atoms with E-state index in [1.54, 1.807) is 7.05 Å². The highest BCUT2D eigenvalue weighted by molar-refractivity contribution is 8.00. The van der Waals surface area contributed by atoms with E-state index in [9.17, 15) is 26.4 Å². The van der Waals surface area contributed by atoms with Crippen LogP contribution in [0.3, 0.4) is 0 Å². The van der Waals surface area contributed by atoms with Crippen molar-refractivity contribution in [1.82, 2.24) is 9.21 Å². The molecule has 1 saturated heterocycles. The lowest BCUT2D eigenvalue weighted by atomic mass is 10.2. The maximum Gasteiger partial charge on any atom is 0.416 e. The van der Waals surface area contributed by atoms with Crippen molar-refractivity contribution in [2.75, 3.05) is 18.7 Å². The van der Waals surface area contributed by atoms with Gasteiger partial charge in [0, 0.05) is 18.8 Å². The lowest BCUT2D eigenvalue weighted by Crippen LogP contribution is -2.48. The van der Waals surface area contributed by atoms with Crippen molar-refractivity contribution in [3.05, 3.63) is 28.8 Å². The average molecular weight is 429 g/mol. The highest BCUT2D eigenvalue weighted by Crippen LogP contribution is 2.37. The third kappa shape index (κ3) is 3.69. The summed E-state index contributed by atoms with van der Waals surface area (Å²) in [5.41, 5.74) is -1.11. The van der Waals surface area contributed by atoms with Crippen molar-refractivity contribution in [2.45, 2.75) is 36.0 Å². The molecule has 0 aromatic heterocycles. The van der Waals surface area contributed by atoms with E-state index in [0.717, 1.165) is 29.3 Å². The van der Waals surface area contributed by atoms with E-state index < -0.39 is 32.7 Å². The fourth-order valence-electron chi connectivity index (χ4n) is 2.74. The molecular formula is C15H16ClF3N2O3S2. The number of carbonyl (C=O) groups excluding carboxylic acids is 1. The topological polar surface area (TPSA) is 57.7 Å². The van der Waals surface area contributed by atoms with Gasteiger partial charge in [-0.1, -0.05) is 11.6 Å². The number of likely N-dealkylation sites (N-methyl/N-ethyl adjacent to an activating group) is 1. The number of halogens is 4. The number of amides is 1. The third-order valence-electron chi connectivity index (χ3n) is 4.41. The molecule has 1 aliphatic carbocycles. The van der Waals surface area contributed by atoms with Gasteiger partial charge in [0.15, 0.2) is 0 Å². The predicted octanol–water partition coefficient (Wildman–Crippen LogP) is 3.04. The Balaban J connectivity index is 1.95. The molecule has 1 atom stereocenters. The number of sulfonamides is 1. The normalized spacial score (nSPS) is 21.8. The molecule has 1 aromatic rings. The van der Waals surface area contributed by atoms with Crippen LogP contribution in [0.1, 0.15) is 18.4 Å². The molecule has 2 aliphatic rings. The summed E-state index contributed by atoms with van der Waals surface area (Å²) in [6.45, 7) is 0. The Morgan fingerprint density at radius 1 is 1.35 bits per heavy atom. The molecule has 144 valence electrons. The second-order valence-electron chi connectivity index (χ2n) is 6.23. The van der Waals surface area contributed by atoms with Crippen molar-refractivity contribution >= 4 is 39.3 Å².